The predicted molar refractivity (Wildman–Crippen MR) is 116 cm³/mol. The average Bonchev–Trinajstić information content (AvgIpc) is 3.31. The Balaban J connectivity index is 1.37. The van der Waals surface area contributed by atoms with Gasteiger partial charge >= 0.3 is 0 Å². The molecular weight excluding hydrogens is 456 g/mol. The molecule has 0 radical (unpaired) electrons. The highest BCUT2D eigenvalue weighted by Gasteiger charge is 2.39. The first kappa shape index (κ1) is 22.8. The Morgan fingerprint density at radius 1 is 1.19 bits per heavy atom. The number of sulfonamides is 1. The lowest BCUT2D eigenvalue weighted by Gasteiger charge is -2.35. The van der Waals surface area contributed by atoms with Gasteiger partial charge in [-0.25, -0.2) is 8.42 Å². The second-order valence-electron chi connectivity index (χ2n) is 8.15. The van der Waals surface area contributed by atoms with E-state index in [9.17, 15) is 18.0 Å². The third-order valence-electron chi connectivity index (χ3n) is 6.00. The molecule has 2 fully saturated rings. The quantitative estimate of drug-likeness (QED) is 0.646. The van der Waals surface area contributed by atoms with Crippen LogP contribution in [-0.4, -0.2) is 72.2 Å². The van der Waals surface area contributed by atoms with Gasteiger partial charge in [0, 0.05) is 50.7 Å². The van der Waals surface area contributed by atoms with Crippen LogP contribution < -0.4 is 0 Å². The second-order valence-corrected chi connectivity index (χ2v) is 10.4. The van der Waals surface area contributed by atoms with Crippen molar-refractivity contribution in [1.82, 2.24) is 19.3 Å². The lowest BCUT2D eigenvalue weighted by atomic mass is 10.1. The van der Waals surface area contributed by atoms with E-state index in [4.69, 9.17) is 16.1 Å². The number of likely N-dealkylation sites (tertiary alicyclic amines) is 1. The molecular formula is C21H25ClN4O5S. The Morgan fingerprint density at radius 2 is 1.88 bits per heavy atom. The molecule has 32 heavy (non-hydrogen) atoms. The van der Waals surface area contributed by atoms with Crippen LogP contribution in [-0.2, 0) is 26.2 Å². The molecule has 0 N–H and O–H groups in total. The number of halogens is 1. The summed E-state index contributed by atoms with van der Waals surface area (Å²) in [4.78, 5) is 28.9. The van der Waals surface area contributed by atoms with E-state index in [0.717, 1.165) is 5.56 Å². The van der Waals surface area contributed by atoms with Gasteiger partial charge in [0.25, 0.3) is 0 Å². The van der Waals surface area contributed by atoms with Crippen molar-refractivity contribution in [2.45, 2.75) is 31.7 Å². The summed E-state index contributed by atoms with van der Waals surface area (Å²) in [6.07, 6.45) is 0.154. The zero-order valence-electron chi connectivity index (χ0n) is 18.0. The normalized spacial score (nSPS) is 20.2. The Bertz CT molecular complexity index is 1120. The molecule has 2 amide bonds. The van der Waals surface area contributed by atoms with Crippen LogP contribution in [0.2, 0.25) is 5.02 Å². The van der Waals surface area contributed by atoms with Crippen molar-refractivity contribution < 1.29 is 22.5 Å². The lowest BCUT2D eigenvalue weighted by molar-refractivity contribution is -0.137. The van der Waals surface area contributed by atoms with Crippen LogP contribution in [0.3, 0.4) is 0 Å². The topological polar surface area (TPSA) is 104 Å². The Labute approximate surface area is 191 Å². The van der Waals surface area contributed by atoms with Gasteiger partial charge in [-0.05, 0) is 25.5 Å². The first-order chi connectivity index (χ1) is 15.2. The zero-order valence-corrected chi connectivity index (χ0v) is 19.5. The molecule has 4 rings (SSSR count). The third-order valence-corrected chi connectivity index (χ3v) is 8.51. The van der Waals surface area contributed by atoms with Crippen LogP contribution in [0.5, 0.6) is 0 Å². The molecule has 9 nitrogen and oxygen atoms in total. The van der Waals surface area contributed by atoms with Gasteiger partial charge in [-0.1, -0.05) is 35.0 Å². The summed E-state index contributed by atoms with van der Waals surface area (Å²) in [5, 5.41) is 4.32. The van der Waals surface area contributed by atoms with E-state index in [1.54, 1.807) is 29.7 Å². The number of aromatic nitrogens is 1. The van der Waals surface area contributed by atoms with Crippen molar-refractivity contribution in [3.05, 3.63) is 46.3 Å². The summed E-state index contributed by atoms with van der Waals surface area (Å²) in [5.74, 6) is -0.378. The van der Waals surface area contributed by atoms with E-state index < -0.39 is 15.9 Å². The van der Waals surface area contributed by atoms with Crippen LogP contribution in [0.1, 0.15) is 23.4 Å². The van der Waals surface area contributed by atoms with Crippen molar-refractivity contribution in [2.24, 2.45) is 5.92 Å². The highest BCUT2D eigenvalue weighted by molar-refractivity contribution is 7.89. The minimum atomic E-state index is -3.74. The van der Waals surface area contributed by atoms with E-state index in [1.165, 1.54) is 4.31 Å². The van der Waals surface area contributed by atoms with E-state index in [1.807, 2.05) is 18.2 Å². The van der Waals surface area contributed by atoms with Gasteiger partial charge in [0.15, 0.2) is 5.76 Å². The lowest BCUT2D eigenvalue weighted by Crippen LogP contribution is -2.52. The number of benzene rings is 1. The summed E-state index contributed by atoms with van der Waals surface area (Å²) in [6, 6.07) is 7.33. The van der Waals surface area contributed by atoms with Crippen LogP contribution in [0.15, 0.2) is 33.7 Å². The molecule has 11 heteroatoms. The minimum absolute atomic E-state index is 0.0807. The number of carbonyl (C=O) groups is 2. The largest absolute Gasteiger partial charge is 0.360 e. The van der Waals surface area contributed by atoms with E-state index in [2.05, 4.69) is 5.16 Å². The number of hydrogen-bond donors (Lipinski definition) is 0. The van der Waals surface area contributed by atoms with E-state index >= 15 is 0 Å². The number of amides is 2. The molecule has 3 heterocycles. The van der Waals surface area contributed by atoms with Gasteiger partial charge in [-0.15, -0.1) is 0 Å². The first-order valence-corrected chi connectivity index (χ1v) is 12.2. The number of hydrogen-bond acceptors (Lipinski definition) is 6. The molecule has 0 aliphatic carbocycles. The summed E-state index contributed by atoms with van der Waals surface area (Å²) >= 11 is 6.20. The molecule has 0 bridgehead atoms. The monoisotopic (exact) mass is 480 g/mol. The van der Waals surface area contributed by atoms with Crippen LogP contribution >= 0.6 is 11.6 Å². The van der Waals surface area contributed by atoms with E-state index in [-0.39, 0.29) is 55.1 Å². The third kappa shape index (κ3) is 4.26. The van der Waals surface area contributed by atoms with Crippen LogP contribution in [0.4, 0.5) is 0 Å². The van der Waals surface area contributed by atoms with Gasteiger partial charge in [0.05, 0.1) is 5.92 Å². The number of aryl methyl sites for hydroxylation is 2. The number of nitrogens with zero attached hydrogens (tertiary/aromatic N) is 4. The SMILES string of the molecule is Cc1noc(C)c1S(=O)(=O)N1CCN(C(=O)C2CC(=O)N(Cc3ccccc3Cl)C2)CC1. The first-order valence-electron chi connectivity index (χ1n) is 10.4. The standard InChI is InChI=1S/C21H25ClN4O5S/c1-14-20(15(2)31-23-14)32(29,30)26-9-7-24(8-10-26)21(28)17-11-19(27)25(13-17)12-16-5-3-4-6-18(16)22/h3-6,17H,7-13H2,1-2H3. The maximum absolute atomic E-state index is 13.0. The highest BCUT2D eigenvalue weighted by Crippen LogP contribution is 2.27. The fraction of sp³-hybridized carbons (Fsp3) is 0.476. The van der Waals surface area contributed by atoms with Gasteiger partial charge in [0.1, 0.15) is 10.6 Å². The van der Waals surface area contributed by atoms with Crippen molar-refractivity contribution in [1.29, 1.82) is 0 Å². The molecule has 1 aromatic heterocycles. The fourth-order valence-electron chi connectivity index (χ4n) is 4.30. The molecule has 172 valence electrons. The van der Waals surface area contributed by atoms with Crippen LogP contribution in [0.25, 0.3) is 0 Å². The van der Waals surface area contributed by atoms with Crippen molar-refractivity contribution in [3.63, 3.8) is 0 Å². The molecule has 1 atom stereocenters. The molecule has 1 unspecified atom stereocenters. The zero-order chi connectivity index (χ0) is 23.0. The number of rotatable bonds is 5. The average molecular weight is 481 g/mol. The molecule has 0 spiro atoms. The smallest absolute Gasteiger partial charge is 0.248 e. The Hall–Kier alpha value is -2.43. The Kier molecular flexibility index (Phi) is 6.28. The van der Waals surface area contributed by atoms with Gasteiger partial charge in [-0.2, -0.15) is 4.31 Å². The molecule has 2 aromatic rings. The van der Waals surface area contributed by atoms with E-state index in [0.29, 0.717) is 23.8 Å². The molecule has 1 aromatic carbocycles. The maximum atomic E-state index is 13.0. The summed E-state index contributed by atoms with van der Waals surface area (Å²) < 4.78 is 32.3. The maximum Gasteiger partial charge on any atom is 0.248 e. The van der Waals surface area contributed by atoms with Crippen molar-refractivity contribution in [2.75, 3.05) is 32.7 Å². The highest BCUT2D eigenvalue weighted by atomic mass is 35.5. The summed E-state index contributed by atoms with van der Waals surface area (Å²) in [5.41, 5.74) is 1.16. The Morgan fingerprint density at radius 3 is 2.50 bits per heavy atom. The summed E-state index contributed by atoms with van der Waals surface area (Å²) in [7, 11) is -3.74. The van der Waals surface area contributed by atoms with Crippen molar-refractivity contribution >= 4 is 33.4 Å². The predicted octanol–water partition coefficient (Wildman–Crippen LogP) is 1.83. The molecule has 2 aliphatic heterocycles. The molecule has 0 saturated carbocycles. The van der Waals surface area contributed by atoms with Gasteiger partial charge in [0.2, 0.25) is 21.8 Å². The van der Waals surface area contributed by atoms with Crippen molar-refractivity contribution in [3.8, 4) is 0 Å². The number of piperazine rings is 1. The summed E-state index contributed by atoms with van der Waals surface area (Å²) in [6.45, 7) is 4.77. The van der Waals surface area contributed by atoms with Gasteiger partial charge < -0.3 is 14.3 Å². The second kappa shape index (κ2) is 8.84. The van der Waals surface area contributed by atoms with Crippen LogP contribution in [0, 0.1) is 19.8 Å². The minimum Gasteiger partial charge on any atom is -0.360 e. The molecule has 2 saturated heterocycles. The number of carbonyl (C=O) groups excluding carboxylic acids is 2. The molecule has 2 aliphatic rings. The van der Waals surface area contributed by atoms with Gasteiger partial charge in [-0.3, -0.25) is 9.59 Å². The fourth-order valence-corrected chi connectivity index (χ4v) is 6.21.